The molecule has 0 saturated carbocycles. The van der Waals surface area contributed by atoms with Crippen molar-refractivity contribution in [3.63, 3.8) is 0 Å². The van der Waals surface area contributed by atoms with Crippen LogP contribution in [-0.4, -0.2) is 48.1 Å². The van der Waals surface area contributed by atoms with Gasteiger partial charge in [-0.05, 0) is 49.7 Å². The molecule has 0 radical (unpaired) electrons. The van der Waals surface area contributed by atoms with Crippen molar-refractivity contribution in [3.8, 4) is 5.75 Å². The third-order valence-corrected chi connectivity index (χ3v) is 5.28. The van der Waals surface area contributed by atoms with Crippen LogP contribution in [0.5, 0.6) is 5.75 Å². The third kappa shape index (κ3) is 3.31. The molecule has 4 rings (SSSR count). The van der Waals surface area contributed by atoms with Crippen LogP contribution in [0.2, 0.25) is 0 Å². The van der Waals surface area contributed by atoms with Gasteiger partial charge >= 0.3 is 0 Å². The van der Waals surface area contributed by atoms with Crippen LogP contribution < -0.4 is 4.74 Å². The molecule has 1 N–H and O–H groups in total. The number of aryl methyl sites for hydroxylation is 1. The average Bonchev–Trinajstić information content (AvgIpc) is 3.35. The van der Waals surface area contributed by atoms with E-state index in [4.69, 9.17) is 13.9 Å². The Labute approximate surface area is 168 Å². The number of carbonyl (C=O) groups excluding carboxylic acids is 2. The molecule has 0 bridgehead atoms. The Morgan fingerprint density at radius 2 is 2.07 bits per heavy atom. The summed E-state index contributed by atoms with van der Waals surface area (Å²) >= 11 is 0. The number of aliphatic hydroxyl groups is 1. The van der Waals surface area contributed by atoms with E-state index in [0.717, 1.165) is 17.7 Å². The number of benzene rings is 1. The molecule has 2 aromatic rings. The number of aliphatic hydroxyl groups excluding tert-OH is 1. The third-order valence-electron chi connectivity index (χ3n) is 5.28. The molecule has 152 valence electrons. The van der Waals surface area contributed by atoms with Gasteiger partial charge in [-0.3, -0.25) is 9.59 Å². The largest absolute Gasteiger partial charge is 0.507 e. The number of nitrogens with zero attached hydrogens (tertiary/aromatic N) is 1. The predicted octanol–water partition coefficient (Wildman–Crippen LogP) is 2.98. The summed E-state index contributed by atoms with van der Waals surface area (Å²) in [7, 11) is 1.52. The fourth-order valence-corrected chi connectivity index (χ4v) is 3.92. The molecule has 0 spiro atoms. The van der Waals surface area contributed by atoms with Crippen molar-refractivity contribution < 1.29 is 28.6 Å². The van der Waals surface area contributed by atoms with Gasteiger partial charge < -0.3 is 23.9 Å². The minimum atomic E-state index is -0.803. The van der Waals surface area contributed by atoms with Crippen molar-refractivity contribution in [2.24, 2.45) is 0 Å². The average molecular weight is 397 g/mol. The fourth-order valence-electron chi connectivity index (χ4n) is 3.92. The van der Waals surface area contributed by atoms with Gasteiger partial charge in [0.2, 0.25) is 0 Å². The van der Waals surface area contributed by atoms with E-state index >= 15 is 0 Å². The van der Waals surface area contributed by atoms with Crippen molar-refractivity contribution in [3.05, 3.63) is 58.6 Å². The molecule has 2 unspecified atom stereocenters. The summed E-state index contributed by atoms with van der Waals surface area (Å²) in [5.74, 6) is 0.222. The summed E-state index contributed by atoms with van der Waals surface area (Å²) in [6.07, 6.45) is 0.785. The molecule has 2 aliphatic heterocycles. The lowest BCUT2D eigenvalue weighted by Gasteiger charge is -2.22. The first-order valence-electron chi connectivity index (χ1n) is 9.54. The monoisotopic (exact) mass is 397 g/mol. The number of ether oxygens (including phenoxy) is 2. The van der Waals surface area contributed by atoms with Crippen molar-refractivity contribution in [2.45, 2.75) is 32.4 Å². The van der Waals surface area contributed by atoms with E-state index < -0.39 is 17.7 Å². The maximum atomic E-state index is 12.9. The second-order valence-electron chi connectivity index (χ2n) is 7.39. The maximum absolute atomic E-state index is 12.9. The first kappa shape index (κ1) is 19.3. The Morgan fingerprint density at radius 1 is 1.28 bits per heavy atom. The molecule has 1 aromatic heterocycles. The number of fused-ring (bicyclic) bond motifs is 1. The van der Waals surface area contributed by atoms with E-state index in [1.165, 1.54) is 12.0 Å². The van der Waals surface area contributed by atoms with Crippen molar-refractivity contribution in [2.75, 3.05) is 20.3 Å². The molecular formula is C22H23NO6. The lowest BCUT2D eigenvalue weighted by Crippen LogP contribution is -2.32. The van der Waals surface area contributed by atoms with E-state index in [1.807, 2.05) is 6.92 Å². The van der Waals surface area contributed by atoms with Crippen LogP contribution in [0.3, 0.4) is 0 Å². The first-order chi connectivity index (χ1) is 13.9. The second-order valence-corrected chi connectivity index (χ2v) is 7.39. The molecule has 0 aliphatic carbocycles. The standard InChI is InChI=1S/C22H23NO6/c1-12-4-6-17(28-12)19-18(21(25)22(26)23(19)8-9-27-3)20(24)14-5-7-16-15(11-14)10-13(2)29-16/h4-7,11,13,19,24H,8-10H2,1-3H3/b20-18+. The maximum Gasteiger partial charge on any atom is 0.295 e. The van der Waals surface area contributed by atoms with Crippen LogP contribution in [0.25, 0.3) is 5.76 Å². The van der Waals surface area contributed by atoms with Crippen LogP contribution in [0.4, 0.5) is 0 Å². The molecule has 2 atom stereocenters. The Bertz CT molecular complexity index is 1000. The zero-order valence-electron chi connectivity index (χ0n) is 16.6. The molecule has 7 nitrogen and oxygen atoms in total. The van der Waals surface area contributed by atoms with E-state index in [1.54, 1.807) is 37.3 Å². The van der Waals surface area contributed by atoms with Gasteiger partial charge in [0.15, 0.2) is 0 Å². The smallest absolute Gasteiger partial charge is 0.295 e. The number of methoxy groups -OCH3 is 1. The van der Waals surface area contributed by atoms with Crippen molar-refractivity contribution in [1.29, 1.82) is 0 Å². The minimum Gasteiger partial charge on any atom is -0.507 e. The molecular weight excluding hydrogens is 374 g/mol. The number of Topliss-reactive ketones (excluding diaryl/α,β-unsaturated/α-hetero) is 1. The highest BCUT2D eigenvalue weighted by Gasteiger charge is 2.47. The minimum absolute atomic E-state index is 0.0207. The van der Waals surface area contributed by atoms with Gasteiger partial charge in [-0.15, -0.1) is 0 Å². The van der Waals surface area contributed by atoms with E-state index in [-0.39, 0.29) is 30.6 Å². The molecule has 3 heterocycles. The van der Waals surface area contributed by atoms with Crippen molar-refractivity contribution in [1.82, 2.24) is 4.90 Å². The molecule has 1 amide bonds. The van der Waals surface area contributed by atoms with E-state index in [0.29, 0.717) is 17.1 Å². The fraction of sp³-hybridized carbons (Fsp3) is 0.364. The lowest BCUT2D eigenvalue weighted by atomic mass is 9.97. The molecule has 1 saturated heterocycles. The van der Waals surface area contributed by atoms with Crippen LogP contribution >= 0.6 is 0 Å². The SMILES string of the molecule is COCCN1C(=O)C(=O)/C(=C(/O)c2ccc3c(c2)CC(C)O3)C1c1ccc(C)o1. The summed E-state index contributed by atoms with van der Waals surface area (Å²) in [4.78, 5) is 26.9. The summed E-state index contributed by atoms with van der Waals surface area (Å²) < 4.78 is 16.5. The Morgan fingerprint density at radius 3 is 2.76 bits per heavy atom. The van der Waals surface area contributed by atoms with Crippen LogP contribution in [0.15, 0.2) is 40.3 Å². The van der Waals surface area contributed by atoms with Gasteiger partial charge in [0.05, 0.1) is 12.2 Å². The van der Waals surface area contributed by atoms with Gasteiger partial charge in [0.25, 0.3) is 11.7 Å². The second kappa shape index (κ2) is 7.40. The van der Waals surface area contributed by atoms with E-state index in [2.05, 4.69) is 0 Å². The Kier molecular flexibility index (Phi) is 4.92. The molecule has 1 fully saturated rings. The summed E-state index contributed by atoms with van der Waals surface area (Å²) in [6, 6.07) is 7.96. The van der Waals surface area contributed by atoms with E-state index in [9.17, 15) is 14.7 Å². The number of likely N-dealkylation sites (tertiary alicyclic amines) is 1. The highest BCUT2D eigenvalue weighted by atomic mass is 16.5. The quantitative estimate of drug-likeness (QED) is 0.474. The number of furan rings is 1. The summed E-state index contributed by atoms with van der Waals surface area (Å²) in [6.45, 7) is 4.22. The zero-order chi connectivity index (χ0) is 20.7. The predicted molar refractivity (Wildman–Crippen MR) is 105 cm³/mol. The zero-order valence-corrected chi connectivity index (χ0v) is 16.6. The Balaban J connectivity index is 1.81. The number of amides is 1. The molecule has 7 heteroatoms. The van der Waals surface area contributed by atoms with Crippen LogP contribution in [-0.2, 0) is 20.7 Å². The number of carbonyl (C=O) groups is 2. The normalized spacial score (nSPS) is 22.8. The number of rotatable bonds is 5. The number of hydrogen-bond acceptors (Lipinski definition) is 6. The number of ketones is 1. The molecule has 2 aliphatic rings. The van der Waals surface area contributed by atoms with Crippen molar-refractivity contribution >= 4 is 17.4 Å². The van der Waals surface area contributed by atoms with Gasteiger partial charge in [0, 0.05) is 25.6 Å². The summed E-state index contributed by atoms with van der Waals surface area (Å²) in [5, 5.41) is 11.1. The van der Waals surface area contributed by atoms with Gasteiger partial charge in [-0.1, -0.05) is 0 Å². The summed E-state index contributed by atoms with van der Waals surface area (Å²) in [5.41, 5.74) is 1.45. The molecule has 29 heavy (non-hydrogen) atoms. The first-order valence-corrected chi connectivity index (χ1v) is 9.54. The Hall–Kier alpha value is -3.06. The topological polar surface area (TPSA) is 89.2 Å². The van der Waals surface area contributed by atoms with Crippen LogP contribution in [0.1, 0.15) is 35.6 Å². The number of hydrogen-bond donors (Lipinski definition) is 1. The highest BCUT2D eigenvalue weighted by Crippen LogP contribution is 2.40. The van der Waals surface area contributed by atoms with Gasteiger partial charge in [-0.25, -0.2) is 0 Å². The molecule has 1 aromatic carbocycles. The highest BCUT2D eigenvalue weighted by molar-refractivity contribution is 6.46. The van der Waals surface area contributed by atoms with Gasteiger partial charge in [-0.2, -0.15) is 0 Å². The lowest BCUT2D eigenvalue weighted by molar-refractivity contribution is -0.140. The van der Waals surface area contributed by atoms with Gasteiger partial charge in [0.1, 0.15) is 35.2 Å². The van der Waals surface area contributed by atoms with Crippen LogP contribution in [0, 0.1) is 6.92 Å².